The zero-order chi connectivity index (χ0) is 14.9. The summed E-state index contributed by atoms with van der Waals surface area (Å²) in [5.41, 5.74) is 5.69. The molecule has 0 saturated carbocycles. The molecule has 2 saturated heterocycles. The highest BCUT2D eigenvalue weighted by Crippen LogP contribution is 2.38. The second kappa shape index (κ2) is 5.69. The minimum Gasteiger partial charge on any atom is -0.481 e. The van der Waals surface area contributed by atoms with Gasteiger partial charge in [-0.25, -0.2) is 0 Å². The van der Waals surface area contributed by atoms with Crippen molar-refractivity contribution in [3.63, 3.8) is 0 Å². The van der Waals surface area contributed by atoms with E-state index in [2.05, 4.69) is 13.8 Å². The van der Waals surface area contributed by atoms with Crippen LogP contribution in [0.1, 0.15) is 39.5 Å². The zero-order valence-electron chi connectivity index (χ0n) is 12.2. The van der Waals surface area contributed by atoms with Gasteiger partial charge in [-0.15, -0.1) is 0 Å². The fraction of sp³-hybridized carbons (Fsp3) is 0.857. The van der Waals surface area contributed by atoms with Gasteiger partial charge in [0.15, 0.2) is 0 Å². The van der Waals surface area contributed by atoms with Crippen LogP contribution < -0.4 is 5.73 Å². The van der Waals surface area contributed by atoms with Crippen LogP contribution in [0, 0.1) is 5.92 Å². The highest BCUT2D eigenvalue weighted by Gasteiger charge is 2.44. The summed E-state index contributed by atoms with van der Waals surface area (Å²) in [7, 11) is 0. The monoisotopic (exact) mass is 284 g/mol. The summed E-state index contributed by atoms with van der Waals surface area (Å²) >= 11 is 0. The molecule has 2 fully saturated rings. The molecule has 0 unspecified atom stereocenters. The molecule has 20 heavy (non-hydrogen) atoms. The highest BCUT2D eigenvalue weighted by atomic mass is 16.5. The number of aliphatic carboxylic acids is 1. The highest BCUT2D eigenvalue weighted by molar-refractivity contribution is 5.82. The number of likely N-dealkylation sites (tertiary alicyclic amines) is 1. The summed E-state index contributed by atoms with van der Waals surface area (Å²) in [5.74, 6) is -0.679. The van der Waals surface area contributed by atoms with Gasteiger partial charge in [-0.05, 0) is 33.1 Å². The van der Waals surface area contributed by atoms with Gasteiger partial charge in [0, 0.05) is 25.4 Å². The standard InChI is InChI=1S/C14H24N2O4/c1-14(2)7-9-8-16(6-5-11(9)20-14)13(19)10(15)3-4-12(17)18/h9-11H,3-8,15H2,1-2H3,(H,17,18)/t9-,10+,11+/m1/s1. The smallest absolute Gasteiger partial charge is 0.303 e. The van der Waals surface area contributed by atoms with E-state index < -0.39 is 12.0 Å². The number of carbonyl (C=O) groups excluding carboxylic acids is 1. The quantitative estimate of drug-likeness (QED) is 0.788. The van der Waals surface area contributed by atoms with Crippen molar-refractivity contribution in [2.45, 2.75) is 57.3 Å². The fourth-order valence-electron chi connectivity index (χ4n) is 3.29. The molecule has 0 aromatic rings. The third-order valence-corrected chi connectivity index (χ3v) is 4.19. The number of ether oxygens (including phenoxy) is 1. The molecule has 114 valence electrons. The van der Waals surface area contributed by atoms with Crippen LogP contribution in [0.4, 0.5) is 0 Å². The molecule has 0 aromatic heterocycles. The molecule has 1 amide bonds. The Morgan fingerprint density at radius 3 is 2.85 bits per heavy atom. The molecule has 0 spiro atoms. The van der Waals surface area contributed by atoms with Crippen molar-refractivity contribution in [3.8, 4) is 0 Å². The second-order valence-electron chi connectivity index (χ2n) is 6.49. The summed E-state index contributed by atoms with van der Waals surface area (Å²) in [4.78, 5) is 24.5. The van der Waals surface area contributed by atoms with Gasteiger partial charge in [0.25, 0.3) is 0 Å². The SMILES string of the molecule is CC1(C)C[C@@H]2CN(C(=O)[C@@H](N)CCC(=O)O)CC[C@@H]2O1. The van der Waals surface area contributed by atoms with E-state index >= 15 is 0 Å². The van der Waals surface area contributed by atoms with Gasteiger partial charge in [0.05, 0.1) is 17.7 Å². The zero-order valence-corrected chi connectivity index (χ0v) is 12.2. The van der Waals surface area contributed by atoms with Crippen molar-refractivity contribution in [1.29, 1.82) is 0 Å². The van der Waals surface area contributed by atoms with Gasteiger partial charge in [-0.1, -0.05) is 0 Å². The van der Waals surface area contributed by atoms with Gasteiger partial charge < -0.3 is 20.5 Å². The lowest BCUT2D eigenvalue weighted by Gasteiger charge is -2.35. The summed E-state index contributed by atoms with van der Waals surface area (Å²) in [5, 5.41) is 8.64. The Bertz CT molecular complexity index is 397. The van der Waals surface area contributed by atoms with Gasteiger partial charge in [0.1, 0.15) is 0 Å². The van der Waals surface area contributed by atoms with Crippen LogP contribution in [0.3, 0.4) is 0 Å². The molecule has 0 aromatic carbocycles. The fourth-order valence-corrected chi connectivity index (χ4v) is 3.29. The maximum absolute atomic E-state index is 12.2. The topological polar surface area (TPSA) is 92.9 Å². The molecule has 3 atom stereocenters. The predicted octanol–water partition coefficient (Wildman–Crippen LogP) is 0.595. The maximum Gasteiger partial charge on any atom is 0.303 e. The van der Waals surface area contributed by atoms with Gasteiger partial charge in [-0.3, -0.25) is 9.59 Å². The number of nitrogens with two attached hydrogens (primary N) is 1. The third kappa shape index (κ3) is 3.49. The summed E-state index contributed by atoms with van der Waals surface area (Å²) in [6, 6.07) is -0.710. The predicted molar refractivity (Wildman–Crippen MR) is 73.1 cm³/mol. The van der Waals surface area contributed by atoms with Gasteiger partial charge in [-0.2, -0.15) is 0 Å². The Balaban J connectivity index is 1.88. The number of carboxylic acids is 1. The number of amides is 1. The lowest BCUT2D eigenvalue weighted by atomic mass is 9.89. The summed E-state index contributed by atoms with van der Waals surface area (Å²) in [6.45, 7) is 5.48. The number of carboxylic acid groups (broad SMARTS) is 1. The van der Waals surface area contributed by atoms with E-state index in [-0.39, 0.29) is 30.5 Å². The number of fused-ring (bicyclic) bond motifs is 1. The number of rotatable bonds is 4. The average Bonchev–Trinajstić information content (AvgIpc) is 2.67. The van der Waals surface area contributed by atoms with Crippen LogP contribution in [0.25, 0.3) is 0 Å². The van der Waals surface area contributed by atoms with Crippen LogP contribution >= 0.6 is 0 Å². The third-order valence-electron chi connectivity index (χ3n) is 4.19. The number of hydrogen-bond acceptors (Lipinski definition) is 4. The van der Waals surface area contributed by atoms with Crippen LogP contribution in [0.5, 0.6) is 0 Å². The first-order valence-corrected chi connectivity index (χ1v) is 7.22. The molecule has 2 rings (SSSR count). The van der Waals surface area contributed by atoms with Crippen LogP contribution in [-0.2, 0) is 14.3 Å². The Morgan fingerprint density at radius 1 is 1.50 bits per heavy atom. The summed E-state index contributed by atoms with van der Waals surface area (Å²) in [6.07, 6.45) is 2.16. The van der Waals surface area contributed by atoms with E-state index in [1.165, 1.54) is 0 Å². The van der Waals surface area contributed by atoms with E-state index in [4.69, 9.17) is 15.6 Å². The maximum atomic E-state index is 12.2. The largest absolute Gasteiger partial charge is 0.481 e. The second-order valence-corrected chi connectivity index (χ2v) is 6.49. The molecule has 0 radical (unpaired) electrons. The van der Waals surface area contributed by atoms with Crippen molar-refractivity contribution >= 4 is 11.9 Å². The van der Waals surface area contributed by atoms with E-state index in [1.54, 1.807) is 4.90 Å². The van der Waals surface area contributed by atoms with E-state index in [0.29, 0.717) is 19.0 Å². The molecule has 0 aliphatic carbocycles. The van der Waals surface area contributed by atoms with E-state index in [9.17, 15) is 9.59 Å². The Kier molecular flexibility index (Phi) is 4.34. The van der Waals surface area contributed by atoms with Gasteiger partial charge in [0.2, 0.25) is 5.91 Å². The van der Waals surface area contributed by atoms with Crippen molar-refractivity contribution in [1.82, 2.24) is 4.90 Å². The molecular formula is C14H24N2O4. The molecule has 6 nitrogen and oxygen atoms in total. The van der Waals surface area contributed by atoms with Crippen molar-refractivity contribution < 1.29 is 19.4 Å². The molecule has 0 bridgehead atoms. The van der Waals surface area contributed by atoms with Crippen LogP contribution in [0.2, 0.25) is 0 Å². The van der Waals surface area contributed by atoms with Crippen molar-refractivity contribution in [3.05, 3.63) is 0 Å². The Hall–Kier alpha value is -1.14. The van der Waals surface area contributed by atoms with Crippen LogP contribution in [0.15, 0.2) is 0 Å². The van der Waals surface area contributed by atoms with E-state index in [0.717, 1.165) is 12.8 Å². The minimum atomic E-state index is -0.919. The molecular weight excluding hydrogens is 260 g/mol. The molecule has 6 heteroatoms. The normalized spacial score (nSPS) is 29.9. The Morgan fingerprint density at radius 2 is 2.20 bits per heavy atom. The molecule has 2 aliphatic heterocycles. The lowest BCUT2D eigenvalue weighted by Crippen LogP contribution is -2.50. The minimum absolute atomic E-state index is 0.0665. The first kappa shape index (κ1) is 15.3. The number of carbonyl (C=O) groups is 2. The number of piperidine rings is 1. The average molecular weight is 284 g/mol. The van der Waals surface area contributed by atoms with E-state index in [1.807, 2.05) is 0 Å². The number of nitrogens with zero attached hydrogens (tertiary/aromatic N) is 1. The van der Waals surface area contributed by atoms with Crippen molar-refractivity contribution in [2.75, 3.05) is 13.1 Å². The first-order valence-electron chi connectivity index (χ1n) is 7.22. The lowest BCUT2D eigenvalue weighted by molar-refractivity contribution is -0.138. The van der Waals surface area contributed by atoms with Gasteiger partial charge >= 0.3 is 5.97 Å². The first-order chi connectivity index (χ1) is 9.28. The molecule has 2 aliphatic rings. The number of hydrogen-bond donors (Lipinski definition) is 2. The Labute approximate surface area is 119 Å². The summed E-state index contributed by atoms with van der Waals surface area (Å²) < 4.78 is 5.97. The van der Waals surface area contributed by atoms with Crippen molar-refractivity contribution in [2.24, 2.45) is 11.7 Å². The molecule has 3 N–H and O–H groups in total. The molecule has 2 heterocycles. The van der Waals surface area contributed by atoms with Crippen LogP contribution in [-0.4, -0.2) is 52.7 Å².